The van der Waals surface area contributed by atoms with E-state index in [9.17, 15) is 9.90 Å². The monoisotopic (exact) mass is 368 g/mol. The third kappa shape index (κ3) is 3.18. The Balaban J connectivity index is 1.66. The zero-order chi connectivity index (χ0) is 18.5. The van der Waals surface area contributed by atoms with Gasteiger partial charge in [-0.2, -0.15) is 19.6 Å². The Labute approximate surface area is 153 Å². The Morgan fingerprint density at radius 1 is 1.33 bits per heavy atom. The smallest absolute Gasteiger partial charge is 0.326 e. The fourth-order valence-corrected chi connectivity index (χ4v) is 3.06. The Morgan fingerprint density at radius 2 is 2.15 bits per heavy atom. The van der Waals surface area contributed by atoms with Crippen molar-refractivity contribution in [3.63, 3.8) is 0 Å². The van der Waals surface area contributed by atoms with Gasteiger partial charge in [0.25, 0.3) is 5.62 Å². The largest absolute Gasteiger partial charge is 0.493 e. The quantitative estimate of drug-likeness (QED) is 0.487. The third-order valence-electron chi connectivity index (χ3n) is 4.94. The van der Waals surface area contributed by atoms with Crippen molar-refractivity contribution in [1.29, 1.82) is 0 Å². The molecule has 27 heavy (non-hydrogen) atoms. The molecule has 0 spiro atoms. The Kier molecular flexibility index (Phi) is 3.52. The van der Waals surface area contributed by atoms with Crippen LogP contribution >= 0.6 is 0 Å². The molecule has 2 aliphatic carbocycles. The maximum Gasteiger partial charge on any atom is 0.326 e. The lowest BCUT2D eigenvalue weighted by atomic mass is 10.2. The van der Waals surface area contributed by atoms with E-state index in [0.717, 1.165) is 12.8 Å². The first-order chi connectivity index (χ1) is 13.1. The van der Waals surface area contributed by atoms with Gasteiger partial charge in [0.1, 0.15) is 5.69 Å². The van der Waals surface area contributed by atoms with Crippen molar-refractivity contribution in [3.05, 3.63) is 33.2 Å². The number of anilines is 1. The molecule has 0 aromatic carbocycles. The van der Waals surface area contributed by atoms with Gasteiger partial charge in [0, 0.05) is 11.3 Å². The van der Waals surface area contributed by atoms with Crippen LogP contribution < -0.4 is 21.8 Å². The topological polar surface area (TPSA) is 136 Å². The molecular formula is C17H20N8O2. The van der Waals surface area contributed by atoms with Crippen molar-refractivity contribution in [2.75, 3.05) is 5.32 Å². The maximum atomic E-state index is 11.4. The number of H-pyrrole nitrogens is 2. The molecule has 2 saturated carbocycles. The first-order valence-electron chi connectivity index (χ1n) is 9.16. The number of fused-ring (bicyclic) bond motifs is 1. The molecule has 0 amide bonds. The number of nitrogens with zero attached hydrogens (tertiary/aromatic N) is 5. The molecular weight excluding hydrogens is 348 g/mol. The van der Waals surface area contributed by atoms with Crippen LogP contribution in [0.25, 0.3) is 11.7 Å². The molecule has 2 fully saturated rings. The van der Waals surface area contributed by atoms with Crippen LogP contribution in [0.5, 0.6) is 5.88 Å². The summed E-state index contributed by atoms with van der Waals surface area (Å²) in [5.74, 6) is 0.951. The lowest BCUT2D eigenvalue weighted by molar-refractivity contribution is 0.454. The molecule has 4 N–H and O–H groups in total. The summed E-state index contributed by atoms with van der Waals surface area (Å²) in [5.41, 5.74) is 0.876. The summed E-state index contributed by atoms with van der Waals surface area (Å²) in [4.78, 5) is 30.0. The van der Waals surface area contributed by atoms with Crippen LogP contribution in [0.15, 0.2) is 16.0 Å². The van der Waals surface area contributed by atoms with E-state index in [2.05, 4.69) is 42.3 Å². The highest BCUT2D eigenvalue weighted by Crippen LogP contribution is 2.33. The number of hydrogen-bond donors (Lipinski definition) is 4. The first-order valence-corrected chi connectivity index (χ1v) is 9.16. The summed E-state index contributed by atoms with van der Waals surface area (Å²) in [6, 6.07) is 0.583. The molecule has 0 aliphatic heterocycles. The van der Waals surface area contributed by atoms with Gasteiger partial charge in [-0.25, -0.2) is 9.79 Å². The van der Waals surface area contributed by atoms with Gasteiger partial charge in [0.15, 0.2) is 5.65 Å². The second-order valence-corrected chi connectivity index (χ2v) is 7.30. The lowest BCUT2D eigenvalue weighted by Gasteiger charge is -2.12. The van der Waals surface area contributed by atoms with Gasteiger partial charge in [-0.1, -0.05) is 0 Å². The van der Waals surface area contributed by atoms with Gasteiger partial charge in [-0.15, -0.1) is 0 Å². The minimum absolute atomic E-state index is 0.225. The Bertz CT molecular complexity index is 1180. The highest BCUT2D eigenvalue weighted by Gasteiger charge is 2.28. The fourth-order valence-electron chi connectivity index (χ4n) is 3.06. The molecule has 0 radical (unpaired) electrons. The average Bonchev–Trinajstić information content (AvgIpc) is 3.53. The molecule has 2 aliphatic rings. The minimum atomic E-state index is -0.477. The standard InChI is InChI=1S/C17H20N8O2/c1-8(9-2-3-9)19-15-22-13-10(6-12-14(26)23-17(27)21-12)7-18-25(13)16(24-15)20-11-4-5-11/h6-9,11,26H,2-5H2,1H3,(H,19,20,24)(H2,21,23,27)/t8-/m0/s1. The summed E-state index contributed by atoms with van der Waals surface area (Å²) in [7, 11) is 0. The van der Waals surface area contributed by atoms with Crippen LogP contribution in [-0.4, -0.2) is 46.7 Å². The Morgan fingerprint density at radius 3 is 2.81 bits per heavy atom. The zero-order valence-corrected chi connectivity index (χ0v) is 14.8. The van der Waals surface area contributed by atoms with Gasteiger partial charge in [0.2, 0.25) is 11.8 Å². The molecule has 0 unspecified atom stereocenters. The normalized spacial score (nSPS) is 19.7. The zero-order valence-electron chi connectivity index (χ0n) is 14.8. The molecule has 140 valence electrons. The molecule has 10 heteroatoms. The number of hydrogen-bond acceptors (Lipinski definition) is 7. The van der Waals surface area contributed by atoms with Gasteiger partial charge >= 0.3 is 5.69 Å². The molecule has 3 aromatic rings. The predicted octanol–water partition coefficient (Wildman–Crippen LogP) is -0.333. The summed E-state index contributed by atoms with van der Waals surface area (Å²) < 4.78 is 1.60. The minimum Gasteiger partial charge on any atom is -0.493 e. The summed E-state index contributed by atoms with van der Waals surface area (Å²) >= 11 is 0. The highest BCUT2D eigenvalue weighted by atomic mass is 16.3. The van der Waals surface area contributed by atoms with Gasteiger partial charge in [-0.3, -0.25) is 4.98 Å². The highest BCUT2D eigenvalue weighted by molar-refractivity contribution is 5.57. The summed E-state index contributed by atoms with van der Waals surface area (Å²) in [5, 5.41) is 18.2. The van der Waals surface area contributed by atoms with E-state index in [0.29, 0.717) is 40.4 Å². The van der Waals surface area contributed by atoms with Crippen LogP contribution in [0.3, 0.4) is 0 Å². The van der Waals surface area contributed by atoms with Crippen LogP contribution in [-0.2, 0) is 0 Å². The van der Waals surface area contributed by atoms with Crippen LogP contribution in [0.1, 0.15) is 38.3 Å². The van der Waals surface area contributed by atoms with E-state index >= 15 is 0 Å². The van der Waals surface area contributed by atoms with Crippen molar-refractivity contribution in [2.24, 2.45) is 10.9 Å². The molecule has 0 saturated heterocycles. The van der Waals surface area contributed by atoms with Gasteiger partial charge < -0.3 is 15.4 Å². The molecule has 1 atom stereocenters. The summed E-state index contributed by atoms with van der Waals surface area (Å²) in [6.45, 7) is 2.13. The van der Waals surface area contributed by atoms with Crippen molar-refractivity contribution in [2.45, 2.75) is 44.7 Å². The molecule has 5 rings (SSSR count). The number of aromatic hydroxyl groups is 1. The summed E-state index contributed by atoms with van der Waals surface area (Å²) in [6.07, 6.45) is 7.81. The second-order valence-electron chi connectivity index (χ2n) is 7.30. The fraction of sp³-hybridized carbons (Fsp3) is 0.471. The maximum absolute atomic E-state index is 11.4. The number of aromatic nitrogens is 6. The molecule has 3 heterocycles. The van der Waals surface area contributed by atoms with E-state index in [1.54, 1.807) is 16.8 Å². The van der Waals surface area contributed by atoms with Crippen molar-refractivity contribution >= 4 is 17.7 Å². The molecule has 0 bridgehead atoms. The second kappa shape index (κ2) is 5.93. The lowest BCUT2D eigenvalue weighted by Crippen LogP contribution is -2.27. The molecule has 10 nitrogen and oxygen atoms in total. The number of imidazole rings is 1. The molecule has 3 aromatic heterocycles. The SMILES string of the molecule is C[C@H](Nc1nc(=NC2CC2)n2ncc(=Cc3[nH]c(=O)[nH]c3O)c2n1)C1CC1. The van der Waals surface area contributed by atoms with Crippen LogP contribution in [0, 0.1) is 5.92 Å². The van der Waals surface area contributed by atoms with Crippen molar-refractivity contribution in [3.8, 4) is 5.88 Å². The number of aromatic amines is 2. The Hall–Kier alpha value is -3.17. The third-order valence-corrected chi connectivity index (χ3v) is 4.94. The van der Waals surface area contributed by atoms with E-state index in [-0.39, 0.29) is 11.6 Å². The van der Waals surface area contributed by atoms with Gasteiger partial charge in [0.05, 0.1) is 12.2 Å². The predicted molar refractivity (Wildman–Crippen MR) is 97.0 cm³/mol. The van der Waals surface area contributed by atoms with Crippen LogP contribution in [0.4, 0.5) is 5.95 Å². The van der Waals surface area contributed by atoms with E-state index in [4.69, 9.17) is 0 Å². The van der Waals surface area contributed by atoms with E-state index < -0.39 is 5.69 Å². The van der Waals surface area contributed by atoms with Crippen LogP contribution in [0.2, 0.25) is 0 Å². The number of nitrogens with one attached hydrogen (secondary N) is 3. The van der Waals surface area contributed by atoms with Crippen molar-refractivity contribution in [1.82, 2.24) is 29.5 Å². The number of rotatable bonds is 5. The van der Waals surface area contributed by atoms with Gasteiger partial charge in [-0.05, 0) is 44.6 Å². The van der Waals surface area contributed by atoms with Crippen molar-refractivity contribution < 1.29 is 5.11 Å². The first kappa shape index (κ1) is 16.0. The average molecular weight is 368 g/mol. The van der Waals surface area contributed by atoms with E-state index in [1.165, 1.54) is 12.8 Å². The van der Waals surface area contributed by atoms with E-state index in [1.807, 2.05) is 0 Å².